The molecule has 0 saturated heterocycles. The van der Waals surface area contributed by atoms with E-state index in [9.17, 15) is 13.5 Å². The largest absolute Gasteiger partial charge is 0.492 e. The van der Waals surface area contributed by atoms with Crippen LogP contribution >= 0.6 is 15.9 Å². The molecule has 120 valence electrons. The van der Waals surface area contributed by atoms with E-state index in [4.69, 9.17) is 4.74 Å². The number of sulfonamides is 1. The lowest BCUT2D eigenvalue weighted by atomic mass is 9.87. The topological polar surface area (TPSA) is 75.6 Å². The fourth-order valence-electron chi connectivity index (χ4n) is 1.48. The molecule has 0 saturated carbocycles. The second-order valence-electron chi connectivity index (χ2n) is 5.81. The van der Waals surface area contributed by atoms with Crippen LogP contribution in [0.15, 0.2) is 27.6 Å². The smallest absolute Gasteiger partial charge is 0.244 e. The Labute approximate surface area is 134 Å². The Bertz CT molecular complexity index is 606. The lowest BCUT2D eigenvalue weighted by Crippen LogP contribution is -2.57. The second-order valence-corrected chi connectivity index (χ2v) is 8.38. The van der Waals surface area contributed by atoms with Gasteiger partial charge in [0.2, 0.25) is 10.0 Å². The molecular formula is C14H22BrNO4S. The molecule has 5 nitrogen and oxygen atoms in total. The van der Waals surface area contributed by atoms with Gasteiger partial charge in [-0.15, -0.1) is 0 Å². The molecule has 21 heavy (non-hydrogen) atoms. The van der Waals surface area contributed by atoms with E-state index in [1.807, 2.05) is 0 Å². The fraction of sp³-hybridized carbons (Fsp3) is 0.571. The van der Waals surface area contributed by atoms with Gasteiger partial charge in [0, 0.05) is 4.47 Å². The molecule has 1 rings (SSSR count). The maximum Gasteiger partial charge on any atom is 0.244 e. The SMILES string of the molecule is CCOc1ccc(Br)cc1S(=O)(=O)NC(C)(C)C(C)(C)O. The summed E-state index contributed by atoms with van der Waals surface area (Å²) in [5.41, 5.74) is -2.27. The van der Waals surface area contributed by atoms with Crippen molar-refractivity contribution < 1.29 is 18.3 Å². The molecule has 0 aromatic heterocycles. The summed E-state index contributed by atoms with van der Waals surface area (Å²) in [5, 5.41) is 10.1. The van der Waals surface area contributed by atoms with Crippen LogP contribution in [0.1, 0.15) is 34.6 Å². The minimum Gasteiger partial charge on any atom is -0.492 e. The van der Waals surface area contributed by atoms with Gasteiger partial charge in [-0.1, -0.05) is 15.9 Å². The number of aliphatic hydroxyl groups is 1. The molecule has 0 aliphatic rings. The van der Waals surface area contributed by atoms with Gasteiger partial charge in [-0.2, -0.15) is 0 Å². The summed E-state index contributed by atoms with van der Waals surface area (Å²) in [5.74, 6) is 0.278. The van der Waals surface area contributed by atoms with Gasteiger partial charge in [-0.05, 0) is 52.8 Å². The zero-order valence-electron chi connectivity index (χ0n) is 12.9. The van der Waals surface area contributed by atoms with Crippen LogP contribution in [0.25, 0.3) is 0 Å². The third-order valence-corrected chi connectivity index (χ3v) is 5.58. The van der Waals surface area contributed by atoms with Gasteiger partial charge in [0.05, 0.1) is 17.7 Å². The second kappa shape index (κ2) is 6.24. The Morgan fingerprint density at radius 2 is 1.86 bits per heavy atom. The van der Waals surface area contributed by atoms with Gasteiger partial charge in [-0.25, -0.2) is 13.1 Å². The summed E-state index contributed by atoms with van der Waals surface area (Å²) in [4.78, 5) is 0.0380. The summed E-state index contributed by atoms with van der Waals surface area (Å²) >= 11 is 3.26. The third kappa shape index (κ3) is 4.42. The Morgan fingerprint density at radius 3 is 2.33 bits per heavy atom. The molecule has 0 atom stereocenters. The number of nitrogens with one attached hydrogen (secondary N) is 1. The molecule has 0 aliphatic heterocycles. The first-order valence-corrected chi connectivity index (χ1v) is 8.87. The van der Waals surface area contributed by atoms with E-state index in [2.05, 4.69) is 20.7 Å². The number of hydrogen-bond donors (Lipinski definition) is 2. The highest BCUT2D eigenvalue weighted by atomic mass is 79.9. The molecule has 0 radical (unpaired) electrons. The average Bonchev–Trinajstić information content (AvgIpc) is 2.28. The summed E-state index contributed by atoms with van der Waals surface area (Å²) in [6.45, 7) is 8.51. The van der Waals surface area contributed by atoms with Crippen molar-refractivity contribution in [3.8, 4) is 5.75 Å². The maximum absolute atomic E-state index is 12.6. The van der Waals surface area contributed by atoms with Crippen LogP contribution in [0.2, 0.25) is 0 Å². The van der Waals surface area contributed by atoms with Crippen LogP contribution in [-0.4, -0.2) is 31.3 Å². The fourth-order valence-corrected chi connectivity index (χ4v) is 3.70. The van der Waals surface area contributed by atoms with E-state index < -0.39 is 21.2 Å². The molecule has 0 amide bonds. The van der Waals surface area contributed by atoms with Crippen LogP contribution in [0.5, 0.6) is 5.75 Å². The van der Waals surface area contributed by atoms with Crippen molar-refractivity contribution in [2.24, 2.45) is 0 Å². The number of benzene rings is 1. The monoisotopic (exact) mass is 379 g/mol. The summed E-state index contributed by atoms with van der Waals surface area (Å²) < 4.78 is 33.8. The van der Waals surface area contributed by atoms with E-state index >= 15 is 0 Å². The minimum absolute atomic E-state index is 0.0380. The molecule has 1 aromatic rings. The van der Waals surface area contributed by atoms with Gasteiger partial charge >= 0.3 is 0 Å². The van der Waals surface area contributed by atoms with Gasteiger partial charge in [0.15, 0.2) is 0 Å². The summed E-state index contributed by atoms with van der Waals surface area (Å²) in [7, 11) is -3.84. The van der Waals surface area contributed by atoms with Crippen molar-refractivity contribution >= 4 is 26.0 Å². The third-order valence-electron chi connectivity index (χ3n) is 3.41. The van der Waals surface area contributed by atoms with Crippen LogP contribution in [-0.2, 0) is 10.0 Å². The molecule has 0 fully saturated rings. The zero-order valence-corrected chi connectivity index (χ0v) is 15.3. The molecule has 0 unspecified atom stereocenters. The van der Waals surface area contributed by atoms with Crippen LogP contribution in [0.3, 0.4) is 0 Å². The van der Waals surface area contributed by atoms with E-state index in [0.717, 1.165) is 0 Å². The van der Waals surface area contributed by atoms with Crippen molar-refractivity contribution in [2.45, 2.75) is 50.7 Å². The molecule has 7 heteroatoms. The number of halogens is 1. The number of hydrogen-bond acceptors (Lipinski definition) is 4. The first-order valence-electron chi connectivity index (χ1n) is 6.59. The van der Waals surface area contributed by atoms with Crippen molar-refractivity contribution in [3.05, 3.63) is 22.7 Å². The van der Waals surface area contributed by atoms with Crippen molar-refractivity contribution in [2.75, 3.05) is 6.61 Å². The van der Waals surface area contributed by atoms with Crippen LogP contribution < -0.4 is 9.46 Å². The van der Waals surface area contributed by atoms with Crippen molar-refractivity contribution in [1.82, 2.24) is 4.72 Å². The normalized spacial score (nSPS) is 13.3. The molecule has 2 N–H and O–H groups in total. The van der Waals surface area contributed by atoms with Crippen LogP contribution in [0.4, 0.5) is 0 Å². The molecule has 0 aliphatic carbocycles. The van der Waals surface area contributed by atoms with Gasteiger partial charge in [0.25, 0.3) is 0 Å². The minimum atomic E-state index is -3.84. The number of rotatable bonds is 6. The van der Waals surface area contributed by atoms with Crippen molar-refractivity contribution in [1.29, 1.82) is 0 Å². The van der Waals surface area contributed by atoms with E-state index in [-0.39, 0.29) is 10.6 Å². The Hall–Kier alpha value is -0.630. The van der Waals surface area contributed by atoms with Crippen molar-refractivity contribution in [3.63, 3.8) is 0 Å². The lowest BCUT2D eigenvalue weighted by molar-refractivity contribution is 0.00636. The molecule has 0 heterocycles. The predicted octanol–water partition coefficient (Wildman–Crippen LogP) is 2.68. The van der Waals surface area contributed by atoms with E-state index in [1.165, 1.54) is 6.07 Å². The quantitative estimate of drug-likeness (QED) is 0.796. The maximum atomic E-state index is 12.6. The number of ether oxygens (including phenoxy) is 1. The molecule has 1 aromatic carbocycles. The van der Waals surface area contributed by atoms with Gasteiger partial charge in [0.1, 0.15) is 10.6 Å². The zero-order chi connectivity index (χ0) is 16.5. The highest BCUT2D eigenvalue weighted by molar-refractivity contribution is 9.10. The Kier molecular flexibility index (Phi) is 5.47. The van der Waals surface area contributed by atoms with Crippen LogP contribution in [0, 0.1) is 0 Å². The first-order chi connectivity index (χ1) is 9.40. The van der Waals surface area contributed by atoms with E-state index in [0.29, 0.717) is 11.1 Å². The summed E-state index contributed by atoms with van der Waals surface area (Å²) in [6, 6.07) is 4.79. The first kappa shape index (κ1) is 18.4. The molecule has 0 spiro atoms. The predicted molar refractivity (Wildman–Crippen MR) is 86.0 cm³/mol. The Balaban J connectivity index is 3.29. The van der Waals surface area contributed by atoms with Gasteiger partial charge in [-0.3, -0.25) is 0 Å². The standard InChI is InChI=1S/C14H22BrNO4S/c1-6-20-11-8-7-10(15)9-12(11)21(18,19)16-13(2,3)14(4,5)17/h7-9,16-17H,6H2,1-5H3. The Morgan fingerprint density at radius 1 is 1.29 bits per heavy atom. The van der Waals surface area contributed by atoms with E-state index in [1.54, 1.807) is 46.8 Å². The highest BCUT2D eigenvalue weighted by Crippen LogP contribution is 2.30. The summed E-state index contributed by atoms with van der Waals surface area (Å²) in [6.07, 6.45) is 0. The molecular weight excluding hydrogens is 358 g/mol. The molecule has 0 bridgehead atoms. The average molecular weight is 380 g/mol. The lowest BCUT2D eigenvalue weighted by Gasteiger charge is -2.37. The van der Waals surface area contributed by atoms with Gasteiger partial charge < -0.3 is 9.84 Å². The highest BCUT2D eigenvalue weighted by Gasteiger charge is 2.39.